The van der Waals surface area contributed by atoms with Gasteiger partial charge in [-0.3, -0.25) is 4.79 Å². The summed E-state index contributed by atoms with van der Waals surface area (Å²) in [5, 5.41) is 2.93. The van der Waals surface area contributed by atoms with Gasteiger partial charge in [0.1, 0.15) is 0 Å². The summed E-state index contributed by atoms with van der Waals surface area (Å²) in [6.07, 6.45) is 1.13. The molecule has 7 heteroatoms. The molecule has 0 aliphatic carbocycles. The number of rotatable bonds is 4. The molecule has 1 heterocycles. The van der Waals surface area contributed by atoms with E-state index in [9.17, 15) is 4.79 Å². The Hall–Kier alpha value is 0.320. The van der Waals surface area contributed by atoms with Crippen LogP contribution in [0.25, 0.3) is 0 Å². The fraction of sp³-hybridized carbons (Fsp3) is 0.900. The molecule has 0 spiro atoms. The van der Waals surface area contributed by atoms with E-state index >= 15 is 0 Å². The highest BCUT2D eigenvalue weighted by Gasteiger charge is 2.36. The van der Waals surface area contributed by atoms with E-state index in [1.54, 1.807) is 6.92 Å². The molecule has 0 aromatic carbocycles. The predicted octanol–water partition coefficient (Wildman–Crippen LogP) is 0.731. The molecule has 0 radical (unpaired) electrons. The normalized spacial score (nSPS) is 24.8. The van der Waals surface area contributed by atoms with Gasteiger partial charge in [-0.2, -0.15) is 11.8 Å². The van der Waals surface area contributed by atoms with E-state index in [1.165, 1.54) is 5.75 Å². The fourth-order valence-electron chi connectivity index (χ4n) is 1.66. The Kier molecular flexibility index (Phi) is 9.74. The maximum Gasteiger partial charge on any atom is 0.236 e. The number of hydrogen-bond donors (Lipinski definition) is 2. The second-order valence-corrected chi connectivity index (χ2v) is 5.53. The topological polar surface area (TPSA) is 58.4 Å². The number of nitrogens with zero attached hydrogens (tertiary/aromatic N) is 1. The Morgan fingerprint density at radius 2 is 2.12 bits per heavy atom. The molecule has 1 fully saturated rings. The van der Waals surface area contributed by atoms with Crippen LogP contribution in [0.15, 0.2) is 0 Å². The molecule has 0 aromatic heterocycles. The number of nitrogens with two attached hydrogens (primary N) is 1. The van der Waals surface area contributed by atoms with Crippen LogP contribution in [-0.2, 0) is 4.79 Å². The molecule has 1 aliphatic rings. The van der Waals surface area contributed by atoms with Gasteiger partial charge in [0.05, 0.1) is 6.04 Å². The highest BCUT2D eigenvalue weighted by molar-refractivity contribution is 7.99. The Morgan fingerprint density at radius 3 is 2.47 bits per heavy atom. The van der Waals surface area contributed by atoms with Gasteiger partial charge in [-0.1, -0.05) is 0 Å². The van der Waals surface area contributed by atoms with Crippen molar-refractivity contribution in [2.75, 3.05) is 32.1 Å². The van der Waals surface area contributed by atoms with Crippen molar-refractivity contribution >= 4 is 42.5 Å². The molecular weight excluding hydrogens is 281 g/mol. The molecule has 0 aromatic rings. The first kappa shape index (κ1) is 19.7. The summed E-state index contributed by atoms with van der Waals surface area (Å²) in [4.78, 5) is 13.6. The fourth-order valence-corrected chi connectivity index (χ4v) is 3.21. The van der Waals surface area contributed by atoms with Crippen LogP contribution in [0.3, 0.4) is 0 Å². The third-order valence-electron chi connectivity index (χ3n) is 3.04. The summed E-state index contributed by atoms with van der Waals surface area (Å²) < 4.78 is 0. The third-order valence-corrected chi connectivity index (χ3v) is 4.27. The Morgan fingerprint density at radius 1 is 1.53 bits per heavy atom. The van der Waals surface area contributed by atoms with Gasteiger partial charge >= 0.3 is 0 Å². The molecule has 4 nitrogen and oxygen atoms in total. The zero-order chi connectivity index (χ0) is 11.5. The number of carbonyl (C=O) groups excluding carboxylic acids is 1. The lowest BCUT2D eigenvalue weighted by Crippen LogP contribution is -2.54. The molecule has 0 bridgehead atoms. The van der Waals surface area contributed by atoms with E-state index < -0.39 is 6.04 Å². The highest BCUT2D eigenvalue weighted by atomic mass is 35.5. The van der Waals surface area contributed by atoms with Gasteiger partial charge in [0.15, 0.2) is 0 Å². The summed E-state index contributed by atoms with van der Waals surface area (Å²) in [6, 6.07) is -0.418. The van der Waals surface area contributed by atoms with Gasteiger partial charge in [0.2, 0.25) is 5.91 Å². The quantitative estimate of drug-likeness (QED) is 0.804. The Bertz CT molecular complexity index is 234. The average molecular weight is 304 g/mol. The lowest BCUT2D eigenvalue weighted by Gasteiger charge is -2.35. The number of likely N-dealkylation sites (N-methyl/N-ethyl adjacent to an activating group) is 1. The SMILES string of the molecule is C[C@@H](N)C(=O)NCC1(N(C)C)CCSC1.Cl.Cl. The van der Waals surface area contributed by atoms with E-state index in [1.807, 2.05) is 11.8 Å². The average Bonchev–Trinajstić information content (AvgIpc) is 2.63. The van der Waals surface area contributed by atoms with Crippen LogP contribution in [-0.4, -0.2) is 54.5 Å². The van der Waals surface area contributed by atoms with Gasteiger partial charge in [0, 0.05) is 17.8 Å². The summed E-state index contributed by atoms with van der Waals surface area (Å²) in [7, 11) is 4.15. The third kappa shape index (κ3) is 5.22. The zero-order valence-electron chi connectivity index (χ0n) is 10.6. The van der Waals surface area contributed by atoms with Gasteiger partial charge in [-0.05, 0) is 33.2 Å². The maximum absolute atomic E-state index is 11.4. The molecular formula is C10H23Cl2N3OS. The maximum atomic E-state index is 11.4. The smallest absolute Gasteiger partial charge is 0.236 e. The standard InChI is InChI=1S/C10H21N3OS.2ClH/c1-8(11)9(14)12-6-10(13(2)3)4-5-15-7-10;;/h8H,4-7,11H2,1-3H3,(H,12,14);2*1H/t8-,10?;;/m1../s1. The number of nitrogens with one attached hydrogen (secondary N) is 1. The van der Waals surface area contributed by atoms with E-state index in [2.05, 4.69) is 24.3 Å². The summed E-state index contributed by atoms with van der Waals surface area (Å²) in [5.41, 5.74) is 5.63. The lowest BCUT2D eigenvalue weighted by atomic mass is 9.97. The summed E-state index contributed by atoms with van der Waals surface area (Å²) in [6.45, 7) is 2.41. The molecule has 0 saturated carbocycles. The number of halogens is 2. The van der Waals surface area contributed by atoms with Crippen LogP contribution in [0.4, 0.5) is 0 Å². The van der Waals surface area contributed by atoms with E-state index in [-0.39, 0.29) is 36.3 Å². The van der Waals surface area contributed by atoms with Crippen LogP contribution in [0.2, 0.25) is 0 Å². The second kappa shape index (κ2) is 8.43. The summed E-state index contributed by atoms with van der Waals surface area (Å²) in [5.74, 6) is 2.19. The Labute approximate surface area is 120 Å². The van der Waals surface area contributed by atoms with Crippen molar-refractivity contribution in [3.63, 3.8) is 0 Å². The van der Waals surface area contributed by atoms with Crippen LogP contribution >= 0.6 is 36.6 Å². The molecule has 104 valence electrons. The molecule has 3 N–H and O–H groups in total. The van der Waals surface area contributed by atoms with Crippen molar-refractivity contribution in [3.05, 3.63) is 0 Å². The van der Waals surface area contributed by atoms with Crippen molar-refractivity contribution in [2.24, 2.45) is 5.73 Å². The van der Waals surface area contributed by atoms with Crippen LogP contribution in [0.5, 0.6) is 0 Å². The molecule has 2 atom stereocenters. The number of amides is 1. The van der Waals surface area contributed by atoms with Crippen molar-refractivity contribution in [2.45, 2.75) is 24.9 Å². The molecule has 17 heavy (non-hydrogen) atoms. The van der Waals surface area contributed by atoms with Crippen molar-refractivity contribution in [3.8, 4) is 0 Å². The number of hydrogen-bond acceptors (Lipinski definition) is 4. The van der Waals surface area contributed by atoms with Crippen LogP contribution < -0.4 is 11.1 Å². The second-order valence-electron chi connectivity index (χ2n) is 4.43. The minimum atomic E-state index is -0.418. The predicted molar refractivity (Wildman–Crippen MR) is 79.5 cm³/mol. The van der Waals surface area contributed by atoms with Crippen LogP contribution in [0, 0.1) is 0 Å². The number of carbonyl (C=O) groups is 1. The first-order valence-corrected chi connectivity index (χ1v) is 6.42. The van der Waals surface area contributed by atoms with Gasteiger partial charge in [-0.25, -0.2) is 0 Å². The van der Waals surface area contributed by atoms with Crippen molar-refractivity contribution in [1.82, 2.24) is 10.2 Å². The van der Waals surface area contributed by atoms with E-state index in [4.69, 9.17) is 5.73 Å². The van der Waals surface area contributed by atoms with E-state index in [0.29, 0.717) is 6.54 Å². The first-order valence-electron chi connectivity index (χ1n) is 5.26. The largest absolute Gasteiger partial charge is 0.353 e. The summed E-state index contributed by atoms with van der Waals surface area (Å²) >= 11 is 1.95. The first-order chi connectivity index (χ1) is 6.98. The zero-order valence-corrected chi connectivity index (χ0v) is 13.0. The Balaban J connectivity index is 0. The van der Waals surface area contributed by atoms with E-state index in [0.717, 1.165) is 12.2 Å². The lowest BCUT2D eigenvalue weighted by molar-refractivity contribution is -0.122. The highest BCUT2D eigenvalue weighted by Crippen LogP contribution is 2.31. The molecule has 1 saturated heterocycles. The van der Waals surface area contributed by atoms with Gasteiger partial charge in [-0.15, -0.1) is 24.8 Å². The molecule has 1 unspecified atom stereocenters. The van der Waals surface area contributed by atoms with Gasteiger partial charge < -0.3 is 16.0 Å². The molecule has 1 amide bonds. The minimum Gasteiger partial charge on any atom is -0.353 e. The minimum absolute atomic E-state index is 0. The number of thioether (sulfide) groups is 1. The molecule has 1 rings (SSSR count). The van der Waals surface area contributed by atoms with Crippen LogP contribution in [0.1, 0.15) is 13.3 Å². The molecule has 1 aliphatic heterocycles. The van der Waals surface area contributed by atoms with Crippen molar-refractivity contribution < 1.29 is 4.79 Å². The van der Waals surface area contributed by atoms with Crippen molar-refractivity contribution in [1.29, 1.82) is 0 Å². The monoisotopic (exact) mass is 303 g/mol. The van der Waals surface area contributed by atoms with Gasteiger partial charge in [0.25, 0.3) is 0 Å².